The normalized spacial score (nSPS) is 23.1. The summed E-state index contributed by atoms with van der Waals surface area (Å²) in [7, 11) is 0. The van der Waals surface area contributed by atoms with Gasteiger partial charge >= 0.3 is 0 Å². The molecule has 0 spiro atoms. The van der Waals surface area contributed by atoms with Crippen LogP contribution in [0.5, 0.6) is 0 Å². The Hall–Kier alpha value is -1.82. The van der Waals surface area contributed by atoms with Gasteiger partial charge in [-0.15, -0.1) is 0 Å². The van der Waals surface area contributed by atoms with Gasteiger partial charge in [-0.1, -0.05) is 0 Å². The highest BCUT2D eigenvalue weighted by Gasteiger charge is 2.31. The number of ether oxygens (including phenoxy) is 1. The van der Waals surface area contributed by atoms with Crippen molar-refractivity contribution in [2.75, 3.05) is 32.8 Å². The maximum absolute atomic E-state index is 12.2. The van der Waals surface area contributed by atoms with Crippen molar-refractivity contribution in [3.8, 4) is 0 Å². The Labute approximate surface area is 117 Å². The molecule has 1 atom stereocenters. The molecule has 0 radical (unpaired) electrons. The second-order valence-electron chi connectivity index (χ2n) is 5.10. The highest BCUT2D eigenvalue weighted by Crippen LogP contribution is 2.16. The molecule has 2 aliphatic rings. The van der Waals surface area contributed by atoms with Crippen molar-refractivity contribution in [1.82, 2.24) is 9.80 Å². The van der Waals surface area contributed by atoms with Crippen molar-refractivity contribution in [3.05, 3.63) is 24.2 Å². The van der Waals surface area contributed by atoms with Crippen molar-refractivity contribution in [1.29, 1.82) is 0 Å². The standard InChI is InChI=1S/C14H18N2O4/c17-13(11-3-1-9-19-11)15-5-7-16(8-6-15)14(18)12-4-2-10-20-12/h1,3,9,12H,2,4-8,10H2/t12-/m0/s1. The molecule has 0 aromatic carbocycles. The first kappa shape index (κ1) is 13.2. The third kappa shape index (κ3) is 2.56. The zero-order chi connectivity index (χ0) is 13.9. The largest absolute Gasteiger partial charge is 0.459 e. The van der Waals surface area contributed by atoms with Crippen LogP contribution in [-0.2, 0) is 9.53 Å². The van der Waals surface area contributed by atoms with Crippen molar-refractivity contribution >= 4 is 11.8 Å². The predicted molar refractivity (Wildman–Crippen MR) is 70.2 cm³/mol. The first-order chi connectivity index (χ1) is 9.75. The van der Waals surface area contributed by atoms with Gasteiger partial charge in [0, 0.05) is 32.8 Å². The predicted octanol–water partition coefficient (Wildman–Crippen LogP) is 0.743. The maximum atomic E-state index is 12.2. The van der Waals surface area contributed by atoms with Crippen molar-refractivity contribution in [3.63, 3.8) is 0 Å². The van der Waals surface area contributed by atoms with Crippen molar-refractivity contribution in [2.45, 2.75) is 18.9 Å². The lowest BCUT2D eigenvalue weighted by Crippen LogP contribution is -2.52. The van der Waals surface area contributed by atoms with Crippen LogP contribution in [-0.4, -0.2) is 60.5 Å². The number of carbonyl (C=O) groups is 2. The first-order valence-electron chi connectivity index (χ1n) is 6.99. The molecule has 20 heavy (non-hydrogen) atoms. The van der Waals surface area contributed by atoms with Gasteiger partial charge in [0.15, 0.2) is 5.76 Å². The molecule has 0 bridgehead atoms. The lowest BCUT2D eigenvalue weighted by atomic mass is 10.2. The molecular weight excluding hydrogens is 260 g/mol. The van der Waals surface area contributed by atoms with E-state index in [9.17, 15) is 9.59 Å². The smallest absolute Gasteiger partial charge is 0.289 e. The summed E-state index contributed by atoms with van der Waals surface area (Å²) < 4.78 is 10.5. The molecule has 0 saturated carbocycles. The molecule has 1 aromatic rings. The maximum Gasteiger partial charge on any atom is 0.289 e. The van der Waals surface area contributed by atoms with Gasteiger partial charge in [-0.2, -0.15) is 0 Å². The summed E-state index contributed by atoms with van der Waals surface area (Å²) in [6.07, 6.45) is 2.98. The van der Waals surface area contributed by atoms with E-state index in [-0.39, 0.29) is 17.9 Å². The van der Waals surface area contributed by atoms with Crippen LogP contribution < -0.4 is 0 Å². The molecule has 6 heteroatoms. The number of rotatable bonds is 2. The summed E-state index contributed by atoms with van der Waals surface area (Å²) in [4.78, 5) is 27.8. The summed E-state index contributed by atoms with van der Waals surface area (Å²) in [6, 6.07) is 3.36. The van der Waals surface area contributed by atoms with E-state index < -0.39 is 0 Å². The van der Waals surface area contributed by atoms with Crippen LogP contribution in [0.1, 0.15) is 23.4 Å². The first-order valence-corrected chi connectivity index (χ1v) is 6.99. The summed E-state index contributed by atoms with van der Waals surface area (Å²) in [5.74, 6) is 0.302. The third-order valence-electron chi connectivity index (χ3n) is 3.82. The fourth-order valence-electron chi connectivity index (χ4n) is 2.66. The van der Waals surface area contributed by atoms with E-state index in [1.807, 2.05) is 0 Å². The van der Waals surface area contributed by atoms with Crippen molar-refractivity contribution in [2.24, 2.45) is 0 Å². The molecule has 0 unspecified atom stereocenters. The van der Waals surface area contributed by atoms with Gasteiger partial charge in [0.05, 0.1) is 6.26 Å². The minimum Gasteiger partial charge on any atom is -0.459 e. The number of carbonyl (C=O) groups excluding carboxylic acids is 2. The molecule has 1 aromatic heterocycles. The molecule has 2 aliphatic heterocycles. The number of hydrogen-bond donors (Lipinski definition) is 0. The number of furan rings is 1. The zero-order valence-corrected chi connectivity index (χ0v) is 11.3. The molecule has 3 heterocycles. The minimum absolute atomic E-state index is 0.0626. The van der Waals surface area contributed by atoms with Crippen molar-refractivity contribution < 1.29 is 18.7 Å². The number of piperazine rings is 1. The van der Waals surface area contributed by atoms with E-state index in [0.29, 0.717) is 38.5 Å². The van der Waals surface area contributed by atoms with Crippen LogP contribution in [0.2, 0.25) is 0 Å². The Morgan fingerprint density at radius 1 is 1.15 bits per heavy atom. The SMILES string of the molecule is O=C(c1ccco1)N1CCN(C(=O)[C@@H]2CCCO2)CC1. The van der Waals surface area contributed by atoms with Gasteiger partial charge in [0.2, 0.25) is 0 Å². The van der Waals surface area contributed by atoms with E-state index in [2.05, 4.69) is 0 Å². The molecule has 108 valence electrons. The van der Waals surface area contributed by atoms with E-state index in [1.54, 1.807) is 21.9 Å². The van der Waals surface area contributed by atoms with Crippen LogP contribution in [0.15, 0.2) is 22.8 Å². The van der Waals surface area contributed by atoms with Gasteiger partial charge in [0.1, 0.15) is 6.10 Å². The lowest BCUT2D eigenvalue weighted by Gasteiger charge is -2.35. The van der Waals surface area contributed by atoms with Crippen LogP contribution in [0, 0.1) is 0 Å². The Morgan fingerprint density at radius 2 is 1.90 bits per heavy atom. The average Bonchev–Trinajstić information content (AvgIpc) is 3.18. The molecule has 0 N–H and O–H groups in total. The molecule has 2 amide bonds. The summed E-state index contributed by atoms with van der Waals surface area (Å²) in [5.41, 5.74) is 0. The highest BCUT2D eigenvalue weighted by molar-refractivity contribution is 5.91. The van der Waals surface area contributed by atoms with E-state index in [4.69, 9.17) is 9.15 Å². The molecular formula is C14H18N2O4. The second-order valence-corrected chi connectivity index (χ2v) is 5.10. The molecule has 2 saturated heterocycles. The Balaban J connectivity index is 1.54. The fourth-order valence-corrected chi connectivity index (χ4v) is 2.66. The molecule has 6 nitrogen and oxygen atoms in total. The fraction of sp³-hybridized carbons (Fsp3) is 0.571. The number of hydrogen-bond acceptors (Lipinski definition) is 4. The monoisotopic (exact) mass is 278 g/mol. The summed E-state index contributed by atoms with van der Waals surface area (Å²) in [5, 5.41) is 0. The Kier molecular flexibility index (Phi) is 3.73. The Bertz CT molecular complexity index is 471. The van der Waals surface area contributed by atoms with E-state index >= 15 is 0 Å². The zero-order valence-electron chi connectivity index (χ0n) is 11.3. The highest BCUT2D eigenvalue weighted by atomic mass is 16.5. The lowest BCUT2D eigenvalue weighted by molar-refractivity contribution is -0.142. The second kappa shape index (κ2) is 5.66. The number of nitrogens with zero attached hydrogens (tertiary/aromatic N) is 2. The third-order valence-corrected chi connectivity index (χ3v) is 3.82. The molecule has 2 fully saturated rings. The summed E-state index contributed by atoms with van der Waals surface area (Å²) in [6.45, 7) is 2.87. The Morgan fingerprint density at radius 3 is 2.50 bits per heavy atom. The van der Waals surface area contributed by atoms with Gasteiger partial charge < -0.3 is 19.0 Å². The van der Waals surface area contributed by atoms with Gasteiger partial charge in [-0.25, -0.2) is 0 Å². The molecule has 0 aliphatic carbocycles. The summed E-state index contributed by atoms with van der Waals surface area (Å²) >= 11 is 0. The topological polar surface area (TPSA) is 63.0 Å². The van der Waals surface area contributed by atoms with Crippen LogP contribution >= 0.6 is 0 Å². The van der Waals surface area contributed by atoms with Gasteiger partial charge in [0.25, 0.3) is 11.8 Å². The van der Waals surface area contributed by atoms with E-state index in [0.717, 1.165) is 12.8 Å². The minimum atomic E-state index is -0.276. The van der Waals surface area contributed by atoms with Crippen LogP contribution in [0.4, 0.5) is 0 Å². The average molecular weight is 278 g/mol. The van der Waals surface area contributed by atoms with Crippen LogP contribution in [0.3, 0.4) is 0 Å². The number of amides is 2. The van der Waals surface area contributed by atoms with Crippen LogP contribution in [0.25, 0.3) is 0 Å². The van der Waals surface area contributed by atoms with E-state index in [1.165, 1.54) is 6.26 Å². The molecule has 3 rings (SSSR count). The quantitative estimate of drug-likeness (QED) is 0.800. The van der Waals surface area contributed by atoms with Gasteiger partial charge in [-0.05, 0) is 25.0 Å². The van der Waals surface area contributed by atoms with Gasteiger partial charge in [-0.3, -0.25) is 9.59 Å².